The molecule has 3 heteroatoms. The van der Waals surface area contributed by atoms with Gasteiger partial charge in [0.15, 0.2) is 0 Å². The maximum atomic E-state index is 9.63. The molecule has 0 bridgehead atoms. The maximum absolute atomic E-state index is 9.63. The summed E-state index contributed by atoms with van der Waals surface area (Å²) in [5.74, 6) is 0. The summed E-state index contributed by atoms with van der Waals surface area (Å²) in [6.45, 7) is 3.75. The molecule has 0 aliphatic rings. The zero-order chi connectivity index (χ0) is 10.8. The molecule has 1 atom stereocenters. The van der Waals surface area contributed by atoms with Crippen molar-refractivity contribution in [2.75, 3.05) is 0 Å². The fraction of sp³-hybridized carbons (Fsp3) is 0.250. The predicted octanol–water partition coefficient (Wildman–Crippen LogP) is 2.23. The van der Waals surface area contributed by atoms with Crippen LogP contribution in [-0.4, -0.2) is 14.9 Å². The number of aliphatic hydroxyl groups is 1. The lowest BCUT2D eigenvalue weighted by Crippen LogP contribution is -2.02. The van der Waals surface area contributed by atoms with Crippen molar-refractivity contribution in [2.45, 2.75) is 20.0 Å². The summed E-state index contributed by atoms with van der Waals surface area (Å²) in [4.78, 5) is 0. The van der Waals surface area contributed by atoms with Crippen molar-refractivity contribution in [3.8, 4) is 5.69 Å². The second-order valence-corrected chi connectivity index (χ2v) is 3.70. The number of hydrogen-bond acceptors (Lipinski definition) is 2. The summed E-state index contributed by atoms with van der Waals surface area (Å²) in [5, 5.41) is 13.9. The van der Waals surface area contributed by atoms with Crippen LogP contribution in [0, 0.1) is 6.92 Å². The fourth-order valence-electron chi connectivity index (χ4n) is 1.59. The van der Waals surface area contributed by atoms with Gasteiger partial charge in [-0.1, -0.05) is 18.2 Å². The molecule has 0 saturated heterocycles. The van der Waals surface area contributed by atoms with E-state index >= 15 is 0 Å². The smallest absolute Gasteiger partial charge is 0.0782 e. The Kier molecular flexibility index (Phi) is 2.56. The minimum atomic E-state index is -0.481. The van der Waals surface area contributed by atoms with Crippen molar-refractivity contribution in [2.24, 2.45) is 0 Å². The van der Waals surface area contributed by atoms with Crippen LogP contribution in [0.25, 0.3) is 5.69 Å². The molecule has 0 fully saturated rings. The van der Waals surface area contributed by atoms with E-state index in [4.69, 9.17) is 0 Å². The largest absolute Gasteiger partial charge is 0.389 e. The molecule has 1 N–H and O–H groups in total. The number of aromatic nitrogens is 2. The molecule has 0 saturated carbocycles. The average molecular weight is 202 g/mol. The van der Waals surface area contributed by atoms with Crippen LogP contribution in [0.3, 0.4) is 0 Å². The van der Waals surface area contributed by atoms with E-state index in [9.17, 15) is 5.11 Å². The number of nitrogens with zero attached hydrogens (tertiary/aromatic N) is 2. The van der Waals surface area contributed by atoms with E-state index < -0.39 is 6.10 Å². The molecule has 0 aliphatic carbocycles. The molecule has 0 aliphatic heterocycles. The van der Waals surface area contributed by atoms with Crippen LogP contribution in [0.15, 0.2) is 36.7 Å². The van der Waals surface area contributed by atoms with Gasteiger partial charge in [-0.2, -0.15) is 5.10 Å². The predicted molar refractivity (Wildman–Crippen MR) is 58.9 cm³/mol. The first-order chi connectivity index (χ1) is 7.18. The van der Waals surface area contributed by atoms with Gasteiger partial charge in [0.25, 0.3) is 0 Å². The molecule has 78 valence electrons. The molecule has 1 aromatic carbocycles. The van der Waals surface area contributed by atoms with Crippen LogP contribution < -0.4 is 0 Å². The Hall–Kier alpha value is -1.61. The second-order valence-electron chi connectivity index (χ2n) is 3.70. The minimum absolute atomic E-state index is 0.481. The summed E-state index contributed by atoms with van der Waals surface area (Å²) < 4.78 is 1.79. The zero-order valence-electron chi connectivity index (χ0n) is 8.88. The van der Waals surface area contributed by atoms with E-state index in [0.717, 1.165) is 16.8 Å². The number of aliphatic hydroxyl groups excluding tert-OH is 1. The van der Waals surface area contributed by atoms with Crippen LogP contribution in [0.4, 0.5) is 0 Å². The highest BCUT2D eigenvalue weighted by Gasteiger charge is 2.08. The first kappa shape index (κ1) is 9.93. The van der Waals surface area contributed by atoms with E-state index in [1.807, 2.05) is 37.4 Å². The zero-order valence-corrected chi connectivity index (χ0v) is 8.88. The van der Waals surface area contributed by atoms with Crippen molar-refractivity contribution in [3.05, 3.63) is 47.8 Å². The van der Waals surface area contributed by atoms with Crippen LogP contribution in [0.1, 0.15) is 24.2 Å². The van der Waals surface area contributed by atoms with Gasteiger partial charge in [-0.25, -0.2) is 4.68 Å². The van der Waals surface area contributed by atoms with Crippen molar-refractivity contribution >= 4 is 0 Å². The monoisotopic (exact) mass is 202 g/mol. The Bertz CT molecular complexity index is 460. The Morgan fingerprint density at radius 1 is 1.33 bits per heavy atom. The third-order valence-corrected chi connectivity index (χ3v) is 2.35. The second kappa shape index (κ2) is 3.87. The SMILES string of the molecule is Cc1cnn(-c2ccccc2C(C)O)c1. The van der Waals surface area contributed by atoms with Crippen molar-refractivity contribution in [1.29, 1.82) is 0 Å². The van der Waals surface area contributed by atoms with E-state index in [2.05, 4.69) is 5.10 Å². The van der Waals surface area contributed by atoms with Gasteiger partial charge in [0.2, 0.25) is 0 Å². The van der Waals surface area contributed by atoms with Gasteiger partial charge in [-0.3, -0.25) is 0 Å². The lowest BCUT2D eigenvalue weighted by atomic mass is 10.1. The molecule has 15 heavy (non-hydrogen) atoms. The molecule has 1 heterocycles. The van der Waals surface area contributed by atoms with Gasteiger partial charge in [0.05, 0.1) is 18.0 Å². The number of rotatable bonds is 2. The molecule has 1 unspecified atom stereocenters. The molecular formula is C12H14N2O. The van der Waals surface area contributed by atoms with Crippen LogP contribution in [0.5, 0.6) is 0 Å². The third kappa shape index (κ3) is 1.92. The highest BCUT2D eigenvalue weighted by atomic mass is 16.3. The molecule has 1 aromatic heterocycles. The van der Waals surface area contributed by atoms with Gasteiger partial charge in [-0.15, -0.1) is 0 Å². The number of para-hydroxylation sites is 1. The topological polar surface area (TPSA) is 38.0 Å². The van der Waals surface area contributed by atoms with Crippen molar-refractivity contribution < 1.29 is 5.11 Å². The molecule has 2 aromatic rings. The standard InChI is InChI=1S/C12H14N2O/c1-9-7-13-14(8-9)12-6-4-3-5-11(12)10(2)15/h3-8,10,15H,1-2H3. The lowest BCUT2D eigenvalue weighted by Gasteiger charge is -2.11. The highest BCUT2D eigenvalue weighted by molar-refractivity contribution is 5.41. The molecular weight excluding hydrogens is 188 g/mol. The van der Waals surface area contributed by atoms with Crippen molar-refractivity contribution in [3.63, 3.8) is 0 Å². The number of aryl methyl sites for hydroxylation is 1. The Morgan fingerprint density at radius 2 is 2.07 bits per heavy atom. The summed E-state index contributed by atoms with van der Waals surface area (Å²) in [7, 11) is 0. The summed E-state index contributed by atoms with van der Waals surface area (Å²) in [6, 6.07) is 7.73. The minimum Gasteiger partial charge on any atom is -0.389 e. The van der Waals surface area contributed by atoms with Crippen molar-refractivity contribution in [1.82, 2.24) is 9.78 Å². The van der Waals surface area contributed by atoms with Gasteiger partial charge in [0, 0.05) is 11.8 Å². The normalized spacial score (nSPS) is 12.7. The molecule has 0 radical (unpaired) electrons. The van der Waals surface area contributed by atoms with Gasteiger partial charge < -0.3 is 5.11 Å². The van der Waals surface area contributed by atoms with Crippen LogP contribution >= 0.6 is 0 Å². The number of hydrogen-bond donors (Lipinski definition) is 1. The van der Waals surface area contributed by atoms with E-state index in [0.29, 0.717) is 0 Å². The summed E-state index contributed by atoms with van der Waals surface area (Å²) in [6.07, 6.45) is 3.27. The van der Waals surface area contributed by atoms with Crippen LogP contribution in [0.2, 0.25) is 0 Å². The molecule has 0 amide bonds. The quantitative estimate of drug-likeness (QED) is 0.811. The molecule has 2 rings (SSSR count). The Labute approximate surface area is 89.0 Å². The first-order valence-electron chi connectivity index (χ1n) is 4.97. The van der Waals surface area contributed by atoms with Gasteiger partial charge in [0.1, 0.15) is 0 Å². The summed E-state index contributed by atoms with van der Waals surface area (Å²) >= 11 is 0. The first-order valence-corrected chi connectivity index (χ1v) is 4.97. The Morgan fingerprint density at radius 3 is 2.67 bits per heavy atom. The summed E-state index contributed by atoms with van der Waals surface area (Å²) in [5.41, 5.74) is 2.93. The van der Waals surface area contributed by atoms with Gasteiger partial charge >= 0.3 is 0 Å². The highest BCUT2D eigenvalue weighted by Crippen LogP contribution is 2.20. The lowest BCUT2D eigenvalue weighted by molar-refractivity contribution is 0.199. The fourth-order valence-corrected chi connectivity index (χ4v) is 1.59. The maximum Gasteiger partial charge on any atom is 0.0782 e. The van der Waals surface area contributed by atoms with E-state index in [1.54, 1.807) is 17.8 Å². The Balaban J connectivity index is 2.52. The van der Waals surface area contributed by atoms with E-state index in [-0.39, 0.29) is 0 Å². The van der Waals surface area contributed by atoms with E-state index in [1.165, 1.54) is 0 Å². The third-order valence-electron chi connectivity index (χ3n) is 2.35. The van der Waals surface area contributed by atoms with Crippen LogP contribution in [-0.2, 0) is 0 Å². The molecule has 0 spiro atoms. The number of benzene rings is 1. The average Bonchev–Trinajstić information content (AvgIpc) is 2.65. The molecule has 3 nitrogen and oxygen atoms in total. The van der Waals surface area contributed by atoms with Gasteiger partial charge in [-0.05, 0) is 25.5 Å².